The van der Waals surface area contributed by atoms with Crippen LogP contribution in [0.3, 0.4) is 0 Å². The summed E-state index contributed by atoms with van der Waals surface area (Å²) in [5.74, 6) is 1.85. The van der Waals surface area contributed by atoms with Crippen LogP contribution in [-0.4, -0.2) is 30.0 Å². The van der Waals surface area contributed by atoms with Crippen molar-refractivity contribution in [3.8, 4) is 5.75 Å². The number of para-hydroxylation sites is 1. The number of carbonyl (C=O) groups is 1. The highest BCUT2D eigenvalue weighted by molar-refractivity contribution is 5.92. The molecule has 1 amide bonds. The molecule has 1 N–H and O–H groups in total. The van der Waals surface area contributed by atoms with E-state index in [-0.39, 0.29) is 11.7 Å². The van der Waals surface area contributed by atoms with Crippen molar-refractivity contribution in [2.75, 3.05) is 13.7 Å². The van der Waals surface area contributed by atoms with Crippen LogP contribution in [0.5, 0.6) is 5.75 Å². The van der Waals surface area contributed by atoms with Crippen molar-refractivity contribution in [1.82, 2.24) is 10.2 Å². The Bertz CT molecular complexity index is 549. The van der Waals surface area contributed by atoms with E-state index >= 15 is 0 Å². The predicted molar refractivity (Wildman–Crippen MR) is 75.3 cm³/mol. The normalized spacial score (nSPS) is 27.1. The van der Waals surface area contributed by atoms with Crippen molar-refractivity contribution in [2.45, 2.75) is 37.4 Å². The van der Waals surface area contributed by atoms with Gasteiger partial charge in [-0.25, -0.2) is 0 Å². The molecule has 3 aliphatic rings. The highest BCUT2D eigenvalue weighted by Gasteiger charge is 2.60. The minimum Gasteiger partial charge on any atom is -0.496 e. The fraction of sp³-hybridized carbons (Fsp3) is 0.562. The summed E-state index contributed by atoms with van der Waals surface area (Å²) in [5.41, 5.74) is 0.813. The molecule has 1 heterocycles. The van der Waals surface area contributed by atoms with E-state index in [1.54, 1.807) is 7.11 Å². The van der Waals surface area contributed by atoms with Crippen LogP contribution in [0.25, 0.3) is 0 Å². The van der Waals surface area contributed by atoms with E-state index in [4.69, 9.17) is 4.74 Å². The highest BCUT2D eigenvalue weighted by atomic mass is 16.5. The van der Waals surface area contributed by atoms with Crippen LogP contribution in [0.4, 0.5) is 0 Å². The molecule has 1 spiro atoms. The van der Waals surface area contributed by atoms with Crippen molar-refractivity contribution in [3.63, 3.8) is 0 Å². The molecule has 4 nitrogen and oxygen atoms in total. The first-order valence-electron chi connectivity index (χ1n) is 7.45. The summed E-state index contributed by atoms with van der Waals surface area (Å²) in [6.07, 6.45) is 4.43. The molecule has 1 atom stereocenters. The van der Waals surface area contributed by atoms with Crippen molar-refractivity contribution < 1.29 is 9.53 Å². The number of ether oxygens (including phenoxy) is 1. The average Bonchev–Trinajstić information content (AvgIpc) is 3.37. The summed E-state index contributed by atoms with van der Waals surface area (Å²) in [7, 11) is 1.69. The standard InChI is InChI=1S/C16H20N2O2/c1-20-13-5-3-2-4-12(13)14-17-16(8-9-16)15(19)18(14)10-11-6-7-11/h2-5,11,14,17H,6-10H2,1H3. The molecule has 1 aliphatic heterocycles. The van der Waals surface area contributed by atoms with Crippen molar-refractivity contribution >= 4 is 5.91 Å². The van der Waals surface area contributed by atoms with Crippen LogP contribution in [0.2, 0.25) is 0 Å². The Morgan fingerprint density at radius 2 is 2.10 bits per heavy atom. The molecule has 0 aromatic heterocycles. The van der Waals surface area contributed by atoms with E-state index in [1.807, 2.05) is 23.1 Å². The summed E-state index contributed by atoms with van der Waals surface area (Å²) < 4.78 is 5.47. The summed E-state index contributed by atoms with van der Waals surface area (Å²) in [4.78, 5) is 14.7. The molecule has 20 heavy (non-hydrogen) atoms. The number of hydrogen-bond acceptors (Lipinski definition) is 3. The van der Waals surface area contributed by atoms with Crippen molar-refractivity contribution in [3.05, 3.63) is 29.8 Å². The molecule has 0 bridgehead atoms. The van der Waals surface area contributed by atoms with E-state index < -0.39 is 0 Å². The van der Waals surface area contributed by atoms with E-state index in [2.05, 4.69) is 11.4 Å². The number of hydrogen-bond donors (Lipinski definition) is 1. The molecule has 106 valence electrons. The maximum absolute atomic E-state index is 12.7. The fourth-order valence-corrected chi connectivity index (χ4v) is 3.18. The lowest BCUT2D eigenvalue weighted by Gasteiger charge is -2.25. The molecular weight excluding hydrogens is 252 g/mol. The molecular formula is C16H20N2O2. The number of nitrogens with zero attached hydrogens (tertiary/aromatic N) is 1. The third-order valence-corrected chi connectivity index (χ3v) is 4.73. The number of carbonyl (C=O) groups excluding carboxylic acids is 1. The van der Waals surface area contributed by atoms with E-state index in [1.165, 1.54) is 12.8 Å². The highest BCUT2D eigenvalue weighted by Crippen LogP contribution is 2.48. The second kappa shape index (κ2) is 4.22. The number of methoxy groups -OCH3 is 1. The Labute approximate surface area is 119 Å². The minimum atomic E-state index is -0.263. The van der Waals surface area contributed by atoms with Gasteiger partial charge in [0.1, 0.15) is 17.5 Å². The van der Waals surface area contributed by atoms with Crippen molar-refractivity contribution in [1.29, 1.82) is 0 Å². The smallest absolute Gasteiger partial charge is 0.244 e. The summed E-state index contributed by atoms with van der Waals surface area (Å²) >= 11 is 0. The van der Waals surface area contributed by atoms with Crippen LogP contribution in [0.1, 0.15) is 37.4 Å². The van der Waals surface area contributed by atoms with Gasteiger partial charge < -0.3 is 9.64 Å². The van der Waals surface area contributed by atoms with Crippen LogP contribution in [0, 0.1) is 5.92 Å². The van der Waals surface area contributed by atoms with E-state index in [0.717, 1.165) is 30.7 Å². The SMILES string of the molecule is COc1ccccc1C1NC2(CC2)C(=O)N1CC1CC1. The second-order valence-electron chi connectivity index (χ2n) is 6.27. The second-order valence-corrected chi connectivity index (χ2v) is 6.27. The van der Waals surface area contributed by atoms with Crippen molar-refractivity contribution in [2.24, 2.45) is 5.92 Å². The van der Waals surface area contributed by atoms with Gasteiger partial charge in [0.25, 0.3) is 0 Å². The molecule has 1 aromatic carbocycles. The van der Waals surface area contributed by atoms with Gasteiger partial charge in [-0.3, -0.25) is 10.1 Å². The molecule has 1 unspecified atom stereocenters. The molecule has 3 fully saturated rings. The Balaban J connectivity index is 1.69. The molecule has 2 saturated carbocycles. The van der Waals surface area contributed by atoms with Gasteiger partial charge in [0.15, 0.2) is 0 Å². The van der Waals surface area contributed by atoms with Gasteiger partial charge in [-0.2, -0.15) is 0 Å². The fourth-order valence-electron chi connectivity index (χ4n) is 3.18. The maximum atomic E-state index is 12.7. The summed E-state index contributed by atoms with van der Waals surface area (Å²) in [6.45, 7) is 0.885. The lowest BCUT2D eigenvalue weighted by Crippen LogP contribution is -2.33. The minimum absolute atomic E-state index is 0.0262. The first-order chi connectivity index (χ1) is 9.73. The van der Waals surface area contributed by atoms with Gasteiger partial charge in [-0.05, 0) is 37.7 Å². The van der Waals surface area contributed by atoms with Gasteiger partial charge in [-0.1, -0.05) is 18.2 Å². The van der Waals surface area contributed by atoms with Gasteiger partial charge in [0.2, 0.25) is 5.91 Å². The lowest BCUT2D eigenvalue weighted by molar-refractivity contribution is -0.131. The third kappa shape index (κ3) is 1.82. The Morgan fingerprint density at radius 3 is 2.75 bits per heavy atom. The van der Waals surface area contributed by atoms with E-state index in [0.29, 0.717) is 11.8 Å². The van der Waals surface area contributed by atoms with Gasteiger partial charge >= 0.3 is 0 Å². The van der Waals surface area contributed by atoms with Crippen LogP contribution in [0.15, 0.2) is 24.3 Å². The molecule has 1 saturated heterocycles. The number of rotatable bonds is 4. The van der Waals surface area contributed by atoms with Crippen LogP contribution >= 0.6 is 0 Å². The van der Waals surface area contributed by atoms with E-state index in [9.17, 15) is 4.79 Å². The number of benzene rings is 1. The van der Waals surface area contributed by atoms with Gasteiger partial charge in [0.05, 0.1) is 7.11 Å². The van der Waals surface area contributed by atoms with Crippen LogP contribution in [-0.2, 0) is 4.79 Å². The van der Waals surface area contributed by atoms with Gasteiger partial charge in [0, 0.05) is 12.1 Å². The Morgan fingerprint density at radius 1 is 1.35 bits per heavy atom. The molecule has 4 rings (SSSR count). The number of amides is 1. The Hall–Kier alpha value is -1.55. The monoisotopic (exact) mass is 272 g/mol. The summed E-state index contributed by atoms with van der Waals surface area (Å²) in [6, 6.07) is 8.01. The topological polar surface area (TPSA) is 41.6 Å². The van der Waals surface area contributed by atoms with Crippen LogP contribution < -0.4 is 10.1 Å². The predicted octanol–water partition coefficient (Wildman–Crippen LogP) is 2.07. The average molecular weight is 272 g/mol. The molecule has 1 aromatic rings. The zero-order chi connectivity index (χ0) is 13.7. The number of nitrogens with one attached hydrogen (secondary N) is 1. The molecule has 2 aliphatic carbocycles. The maximum Gasteiger partial charge on any atom is 0.244 e. The molecule has 4 heteroatoms. The third-order valence-electron chi connectivity index (χ3n) is 4.73. The zero-order valence-corrected chi connectivity index (χ0v) is 11.8. The lowest BCUT2D eigenvalue weighted by atomic mass is 10.1. The Kier molecular flexibility index (Phi) is 2.58. The largest absolute Gasteiger partial charge is 0.496 e. The quantitative estimate of drug-likeness (QED) is 0.912. The first kappa shape index (κ1) is 12.2. The zero-order valence-electron chi connectivity index (χ0n) is 11.8. The summed E-state index contributed by atoms with van der Waals surface area (Å²) in [5, 5.41) is 3.56. The molecule has 0 radical (unpaired) electrons. The van der Waals surface area contributed by atoms with Gasteiger partial charge in [-0.15, -0.1) is 0 Å². The first-order valence-corrected chi connectivity index (χ1v) is 7.45.